The number of piperazine rings is 1. The van der Waals surface area contributed by atoms with Gasteiger partial charge in [0.1, 0.15) is 6.04 Å². The predicted octanol–water partition coefficient (Wildman–Crippen LogP) is -0.238. The zero-order chi connectivity index (χ0) is 9.68. The Morgan fingerprint density at radius 3 is 3.00 bits per heavy atom. The average molecular weight is 185 g/mol. The van der Waals surface area contributed by atoms with Crippen LogP contribution in [0, 0.1) is 5.92 Å². The normalized spacial score (nSPS) is 23.2. The lowest BCUT2D eigenvalue weighted by atomic mass is 10.2. The fraction of sp³-hybridized carbons (Fsp3) is 0.889. The van der Waals surface area contributed by atoms with Crippen molar-refractivity contribution >= 4 is 5.97 Å². The molecule has 1 fully saturated rings. The number of esters is 1. The molecule has 1 radical (unpaired) electrons. The van der Waals surface area contributed by atoms with Gasteiger partial charge in [-0.05, 0) is 5.92 Å². The van der Waals surface area contributed by atoms with Gasteiger partial charge in [-0.25, -0.2) is 5.32 Å². The number of nitrogens with zero attached hydrogens (tertiary/aromatic N) is 1. The third kappa shape index (κ3) is 3.74. The topological polar surface area (TPSA) is 52.4 Å². The van der Waals surface area contributed by atoms with Crippen molar-refractivity contribution in [1.29, 1.82) is 0 Å². The van der Waals surface area contributed by atoms with E-state index in [1.807, 2.05) is 13.8 Å². The maximum atomic E-state index is 11.3. The van der Waals surface area contributed by atoms with Crippen molar-refractivity contribution in [2.75, 3.05) is 26.2 Å². The molecule has 1 aliphatic rings. The monoisotopic (exact) mass is 185 g/mol. The smallest absolute Gasteiger partial charge is 0.326 e. The number of rotatable bonds is 3. The maximum absolute atomic E-state index is 11.3. The third-order valence-electron chi connectivity index (χ3n) is 1.81. The highest BCUT2D eigenvalue weighted by molar-refractivity contribution is 5.76. The number of nitrogens with one attached hydrogen (secondary N) is 1. The molecule has 0 aromatic carbocycles. The Bertz CT molecular complexity index is 165. The Balaban J connectivity index is 2.21. The lowest BCUT2D eigenvalue weighted by Gasteiger charge is -2.21. The van der Waals surface area contributed by atoms with Crippen molar-refractivity contribution in [1.82, 2.24) is 10.6 Å². The Morgan fingerprint density at radius 1 is 1.69 bits per heavy atom. The largest absolute Gasteiger partial charge is 0.464 e. The van der Waals surface area contributed by atoms with Crippen LogP contribution in [0.2, 0.25) is 0 Å². The van der Waals surface area contributed by atoms with Crippen LogP contribution in [-0.2, 0) is 9.53 Å². The summed E-state index contributed by atoms with van der Waals surface area (Å²) in [6, 6.07) is -0.285. The summed E-state index contributed by atoms with van der Waals surface area (Å²) >= 11 is 0. The van der Waals surface area contributed by atoms with Crippen LogP contribution < -0.4 is 10.6 Å². The molecule has 1 unspecified atom stereocenters. The van der Waals surface area contributed by atoms with Gasteiger partial charge in [-0.15, -0.1) is 0 Å². The summed E-state index contributed by atoms with van der Waals surface area (Å²) in [7, 11) is 0. The van der Waals surface area contributed by atoms with Gasteiger partial charge in [-0.1, -0.05) is 13.8 Å². The van der Waals surface area contributed by atoms with Gasteiger partial charge in [0.15, 0.2) is 0 Å². The molecule has 75 valence electrons. The molecular formula is C9H17N2O2. The van der Waals surface area contributed by atoms with Crippen molar-refractivity contribution in [2.24, 2.45) is 5.92 Å². The minimum Gasteiger partial charge on any atom is -0.464 e. The minimum atomic E-state index is -0.285. The van der Waals surface area contributed by atoms with E-state index in [4.69, 9.17) is 4.74 Å². The van der Waals surface area contributed by atoms with Gasteiger partial charge in [-0.2, -0.15) is 0 Å². The Hall–Kier alpha value is -0.610. The molecule has 4 nitrogen and oxygen atoms in total. The predicted molar refractivity (Wildman–Crippen MR) is 49.5 cm³/mol. The van der Waals surface area contributed by atoms with Gasteiger partial charge >= 0.3 is 5.97 Å². The van der Waals surface area contributed by atoms with E-state index in [0.717, 1.165) is 6.54 Å². The van der Waals surface area contributed by atoms with Gasteiger partial charge in [0.2, 0.25) is 0 Å². The molecule has 0 spiro atoms. The first-order valence-corrected chi connectivity index (χ1v) is 4.74. The molecule has 0 saturated carbocycles. The number of carbonyl (C=O) groups is 1. The fourth-order valence-corrected chi connectivity index (χ4v) is 1.11. The molecule has 1 aliphatic heterocycles. The number of hydrogen-bond donors (Lipinski definition) is 1. The van der Waals surface area contributed by atoms with E-state index in [9.17, 15) is 4.79 Å². The SMILES string of the molecule is CC(C)COC(=O)C1CNCC[N]1. The molecule has 0 aromatic rings. The summed E-state index contributed by atoms with van der Waals surface area (Å²) in [4.78, 5) is 11.3. The van der Waals surface area contributed by atoms with E-state index < -0.39 is 0 Å². The molecule has 0 bridgehead atoms. The number of carbonyl (C=O) groups excluding carboxylic acids is 1. The van der Waals surface area contributed by atoms with Crippen molar-refractivity contribution in [3.8, 4) is 0 Å². The van der Waals surface area contributed by atoms with Crippen molar-refractivity contribution < 1.29 is 9.53 Å². The Morgan fingerprint density at radius 2 is 2.46 bits per heavy atom. The summed E-state index contributed by atoms with van der Waals surface area (Å²) in [6.45, 7) is 6.73. The summed E-state index contributed by atoms with van der Waals surface area (Å²) in [5.41, 5.74) is 0. The van der Waals surface area contributed by atoms with E-state index >= 15 is 0 Å². The van der Waals surface area contributed by atoms with Gasteiger partial charge in [-0.3, -0.25) is 4.79 Å². The van der Waals surface area contributed by atoms with Crippen LogP contribution in [0.25, 0.3) is 0 Å². The lowest BCUT2D eigenvalue weighted by Crippen LogP contribution is -2.49. The van der Waals surface area contributed by atoms with Crippen LogP contribution in [0.1, 0.15) is 13.8 Å². The number of ether oxygens (including phenoxy) is 1. The lowest BCUT2D eigenvalue weighted by molar-refractivity contribution is -0.147. The highest BCUT2D eigenvalue weighted by atomic mass is 16.5. The minimum absolute atomic E-state index is 0.194. The van der Waals surface area contributed by atoms with Gasteiger partial charge in [0.25, 0.3) is 0 Å². The molecule has 0 amide bonds. The maximum Gasteiger partial charge on any atom is 0.326 e. The van der Waals surface area contributed by atoms with E-state index in [0.29, 0.717) is 25.6 Å². The highest BCUT2D eigenvalue weighted by Gasteiger charge is 2.22. The van der Waals surface area contributed by atoms with E-state index in [2.05, 4.69) is 10.6 Å². The highest BCUT2D eigenvalue weighted by Crippen LogP contribution is 1.97. The Labute approximate surface area is 79.0 Å². The quantitative estimate of drug-likeness (QED) is 0.617. The summed E-state index contributed by atoms with van der Waals surface area (Å²) < 4.78 is 5.07. The average Bonchev–Trinajstić information content (AvgIpc) is 2.15. The van der Waals surface area contributed by atoms with Crippen LogP contribution in [-0.4, -0.2) is 38.3 Å². The Kier molecular flexibility index (Phi) is 4.18. The van der Waals surface area contributed by atoms with Crippen molar-refractivity contribution in [3.63, 3.8) is 0 Å². The molecule has 1 N–H and O–H groups in total. The molecule has 1 saturated heterocycles. The zero-order valence-corrected chi connectivity index (χ0v) is 8.25. The molecule has 13 heavy (non-hydrogen) atoms. The van der Waals surface area contributed by atoms with Crippen molar-refractivity contribution in [3.05, 3.63) is 0 Å². The van der Waals surface area contributed by atoms with Crippen LogP contribution in [0.15, 0.2) is 0 Å². The molecule has 4 heteroatoms. The summed E-state index contributed by atoms with van der Waals surface area (Å²) in [5.74, 6) is 0.196. The molecule has 1 rings (SSSR count). The standard InChI is InChI=1S/C9H17N2O2/c1-7(2)6-13-9(12)8-5-10-3-4-11-8/h7-8,10H,3-6H2,1-2H3. The van der Waals surface area contributed by atoms with E-state index in [1.54, 1.807) is 0 Å². The molecular weight excluding hydrogens is 168 g/mol. The first kappa shape index (κ1) is 10.5. The van der Waals surface area contributed by atoms with Gasteiger partial charge in [0, 0.05) is 19.6 Å². The van der Waals surface area contributed by atoms with E-state index in [-0.39, 0.29) is 12.0 Å². The molecule has 1 heterocycles. The first-order valence-electron chi connectivity index (χ1n) is 4.74. The third-order valence-corrected chi connectivity index (χ3v) is 1.81. The molecule has 0 aliphatic carbocycles. The van der Waals surface area contributed by atoms with Crippen molar-refractivity contribution in [2.45, 2.75) is 19.9 Å². The van der Waals surface area contributed by atoms with E-state index in [1.165, 1.54) is 0 Å². The van der Waals surface area contributed by atoms with Crippen LogP contribution in [0.4, 0.5) is 0 Å². The van der Waals surface area contributed by atoms with Gasteiger partial charge in [0.05, 0.1) is 6.61 Å². The fourth-order valence-electron chi connectivity index (χ4n) is 1.11. The molecule has 1 atom stereocenters. The summed E-state index contributed by atoms with van der Waals surface area (Å²) in [6.07, 6.45) is 0. The second-order valence-corrected chi connectivity index (χ2v) is 3.65. The van der Waals surface area contributed by atoms with Crippen LogP contribution in [0.3, 0.4) is 0 Å². The zero-order valence-electron chi connectivity index (χ0n) is 8.25. The summed E-state index contributed by atoms with van der Waals surface area (Å²) in [5, 5.41) is 7.28. The van der Waals surface area contributed by atoms with Crippen LogP contribution in [0.5, 0.6) is 0 Å². The second-order valence-electron chi connectivity index (χ2n) is 3.65. The number of hydrogen-bond acceptors (Lipinski definition) is 3. The van der Waals surface area contributed by atoms with Crippen LogP contribution >= 0.6 is 0 Å². The van der Waals surface area contributed by atoms with Gasteiger partial charge < -0.3 is 10.1 Å². The second kappa shape index (κ2) is 5.19. The molecule has 0 aromatic heterocycles. The first-order chi connectivity index (χ1) is 6.20.